The van der Waals surface area contributed by atoms with Crippen molar-refractivity contribution in [2.45, 2.75) is 39.7 Å². The van der Waals surface area contributed by atoms with Crippen molar-refractivity contribution in [1.29, 1.82) is 0 Å². The van der Waals surface area contributed by atoms with E-state index >= 15 is 0 Å². The van der Waals surface area contributed by atoms with E-state index in [2.05, 4.69) is 19.2 Å². The van der Waals surface area contributed by atoms with Crippen molar-refractivity contribution in [1.82, 2.24) is 5.32 Å². The number of nitrogens with one attached hydrogen (secondary N) is 1. The van der Waals surface area contributed by atoms with Crippen LogP contribution < -0.4 is 10.1 Å². The summed E-state index contributed by atoms with van der Waals surface area (Å²) in [6, 6.07) is 11.2. The summed E-state index contributed by atoms with van der Waals surface area (Å²) in [5, 5.41) is 4.73. The van der Waals surface area contributed by atoms with Crippen molar-refractivity contribution in [3.63, 3.8) is 0 Å². The van der Waals surface area contributed by atoms with Crippen molar-refractivity contribution < 1.29 is 19.1 Å². The van der Waals surface area contributed by atoms with Gasteiger partial charge in [0.2, 0.25) is 0 Å². The lowest BCUT2D eigenvalue weighted by Gasteiger charge is -2.15. The third kappa shape index (κ3) is 5.48. The molecule has 0 unspecified atom stereocenters. The number of amides is 1. The molecule has 26 heavy (non-hydrogen) atoms. The van der Waals surface area contributed by atoms with Gasteiger partial charge in [0.15, 0.2) is 6.61 Å². The molecular formula is C21H27NO4. The molecule has 0 saturated carbocycles. The minimum Gasteiger partial charge on any atom is -0.496 e. The van der Waals surface area contributed by atoms with Crippen molar-refractivity contribution in [3.8, 4) is 5.75 Å². The summed E-state index contributed by atoms with van der Waals surface area (Å²) in [5.74, 6) is 0.152. The Balaban J connectivity index is 1.97. The van der Waals surface area contributed by atoms with Gasteiger partial charge in [0.1, 0.15) is 11.3 Å². The number of ether oxygens (including phenoxy) is 2. The molecule has 1 amide bonds. The van der Waals surface area contributed by atoms with Crippen LogP contribution in [0.15, 0.2) is 36.4 Å². The Morgan fingerprint density at radius 2 is 1.69 bits per heavy atom. The molecule has 0 aliphatic rings. The van der Waals surface area contributed by atoms with Gasteiger partial charge < -0.3 is 14.8 Å². The first-order chi connectivity index (χ1) is 12.4. The fraction of sp³-hybridized carbons (Fsp3) is 0.429. The maximum absolute atomic E-state index is 12.4. The van der Waals surface area contributed by atoms with Gasteiger partial charge in [0.05, 0.1) is 7.11 Å². The standard InChI is InChI=1S/C21H27NO4/c1-14(2)9-10-15(3)22-20(23)13-26-21(24)18-11-16-7-5-6-8-17(16)12-19(18)25-4/h5-8,11-12,14-15H,9-10,13H2,1-4H3,(H,22,23)/t15-/m1/s1. The highest BCUT2D eigenvalue weighted by Crippen LogP contribution is 2.26. The maximum atomic E-state index is 12.4. The molecule has 0 aliphatic carbocycles. The van der Waals surface area contributed by atoms with Gasteiger partial charge in [-0.1, -0.05) is 38.1 Å². The molecule has 0 fully saturated rings. The summed E-state index contributed by atoms with van der Waals surface area (Å²) in [6.07, 6.45) is 1.94. The normalized spacial score (nSPS) is 12.0. The molecule has 5 nitrogen and oxygen atoms in total. The fourth-order valence-corrected chi connectivity index (χ4v) is 2.73. The van der Waals surface area contributed by atoms with Gasteiger partial charge in [0.25, 0.3) is 5.91 Å². The van der Waals surface area contributed by atoms with E-state index in [9.17, 15) is 9.59 Å². The molecule has 2 rings (SSSR count). The van der Waals surface area contributed by atoms with E-state index in [1.807, 2.05) is 31.2 Å². The fourth-order valence-electron chi connectivity index (χ4n) is 2.73. The molecule has 0 saturated heterocycles. The van der Waals surface area contributed by atoms with Crippen molar-refractivity contribution in [2.75, 3.05) is 13.7 Å². The largest absolute Gasteiger partial charge is 0.496 e. The second kappa shape index (κ2) is 9.22. The molecule has 0 radical (unpaired) electrons. The lowest BCUT2D eigenvalue weighted by molar-refractivity contribution is -0.124. The Kier molecular flexibility index (Phi) is 7.01. The molecule has 140 valence electrons. The topological polar surface area (TPSA) is 64.6 Å². The average molecular weight is 357 g/mol. The van der Waals surface area contributed by atoms with Crippen LogP contribution in [0.25, 0.3) is 10.8 Å². The predicted octanol–water partition coefficient (Wildman–Crippen LogP) is 3.95. The molecule has 0 bridgehead atoms. The lowest BCUT2D eigenvalue weighted by atomic mass is 10.0. The number of fused-ring (bicyclic) bond motifs is 1. The Hall–Kier alpha value is -2.56. The summed E-state index contributed by atoms with van der Waals surface area (Å²) in [6.45, 7) is 5.94. The van der Waals surface area contributed by atoms with Gasteiger partial charge in [-0.05, 0) is 48.6 Å². The summed E-state index contributed by atoms with van der Waals surface area (Å²) in [7, 11) is 1.50. The van der Waals surface area contributed by atoms with Crippen LogP contribution in [0.2, 0.25) is 0 Å². The SMILES string of the molecule is COc1cc2ccccc2cc1C(=O)OCC(=O)N[C@H](C)CCC(C)C. The number of benzene rings is 2. The third-order valence-corrected chi connectivity index (χ3v) is 4.21. The Labute approximate surface area is 154 Å². The molecule has 0 aliphatic heterocycles. The van der Waals surface area contributed by atoms with E-state index in [1.165, 1.54) is 7.11 Å². The van der Waals surface area contributed by atoms with Crippen molar-refractivity contribution >= 4 is 22.6 Å². The molecule has 0 heterocycles. The zero-order valence-electron chi connectivity index (χ0n) is 15.9. The van der Waals surface area contributed by atoms with Gasteiger partial charge in [-0.2, -0.15) is 0 Å². The van der Waals surface area contributed by atoms with Crippen molar-refractivity contribution in [2.24, 2.45) is 5.92 Å². The highest BCUT2D eigenvalue weighted by atomic mass is 16.5. The summed E-state index contributed by atoms with van der Waals surface area (Å²) in [5.41, 5.74) is 0.312. The van der Waals surface area contributed by atoms with E-state index in [0.717, 1.165) is 23.6 Å². The number of esters is 1. The quantitative estimate of drug-likeness (QED) is 0.727. The van der Waals surface area contributed by atoms with Crippen molar-refractivity contribution in [3.05, 3.63) is 42.0 Å². The summed E-state index contributed by atoms with van der Waals surface area (Å²) >= 11 is 0. The van der Waals surface area contributed by atoms with E-state index in [0.29, 0.717) is 17.2 Å². The monoisotopic (exact) mass is 357 g/mol. The minimum absolute atomic E-state index is 0.0545. The first-order valence-corrected chi connectivity index (χ1v) is 8.94. The van der Waals surface area contributed by atoms with Gasteiger partial charge >= 0.3 is 5.97 Å². The second-order valence-corrected chi connectivity index (χ2v) is 6.92. The second-order valence-electron chi connectivity index (χ2n) is 6.92. The van der Waals surface area contributed by atoms with Crippen LogP contribution in [0.5, 0.6) is 5.75 Å². The van der Waals surface area contributed by atoms with Crippen LogP contribution in [-0.2, 0) is 9.53 Å². The molecule has 5 heteroatoms. The number of rotatable bonds is 8. The number of carbonyl (C=O) groups excluding carboxylic acids is 2. The van der Waals surface area contributed by atoms with E-state index in [-0.39, 0.29) is 18.6 Å². The lowest BCUT2D eigenvalue weighted by Crippen LogP contribution is -2.36. The van der Waals surface area contributed by atoms with Crippen LogP contribution in [0, 0.1) is 5.92 Å². The smallest absolute Gasteiger partial charge is 0.342 e. The minimum atomic E-state index is -0.572. The number of methoxy groups -OCH3 is 1. The molecular weight excluding hydrogens is 330 g/mol. The summed E-state index contributed by atoms with van der Waals surface area (Å²) < 4.78 is 10.5. The zero-order valence-corrected chi connectivity index (χ0v) is 15.9. The molecule has 2 aromatic rings. The van der Waals surface area contributed by atoms with Gasteiger partial charge in [-0.25, -0.2) is 4.79 Å². The van der Waals surface area contributed by atoms with Gasteiger partial charge in [-0.15, -0.1) is 0 Å². The Morgan fingerprint density at radius 3 is 2.31 bits per heavy atom. The molecule has 1 atom stereocenters. The Morgan fingerprint density at radius 1 is 1.04 bits per heavy atom. The number of hydrogen-bond acceptors (Lipinski definition) is 4. The Bertz CT molecular complexity index is 770. The third-order valence-electron chi connectivity index (χ3n) is 4.21. The average Bonchev–Trinajstić information content (AvgIpc) is 2.63. The van der Waals surface area contributed by atoms with E-state index in [4.69, 9.17) is 9.47 Å². The zero-order chi connectivity index (χ0) is 19.1. The van der Waals surface area contributed by atoms with Crippen LogP contribution in [0.3, 0.4) is 0 Å². The number of carbonyl (C=O) groups is 2. The summed E-state index contributed by atoms with van der Waals surface area (Å²) in [4.78, 5) is 24.4. The first kappa shape index (κ1) is 19.8. The molecule has 0 aromatic heterocycles. The van der Waals surface area contributed by atoms with Crippen LogP contribution in [0.4, 0.5) is 0 Å². The highest BCUT2D eigenvalue weighted by Gasteiger charge is 2.17. The van der Waals surface area contributed by atoms with Crippen LogP contribution >= 0.6 is 0 Å². The molecule has 2 aromatic carbocycles. The van der Waals surface area contributed by atoms with Gasteiger partial charge in [-0.3, -0.25) is 4.79 Å². The molecule has 1 N–H and O–H groups in total. The molecule has 0 spiro atoms. The van der Waals surface area contributed by atoms with E-state index in [1.54, 1.807) is 12.1 Å². The van der Waals surface area contributed by atoms with E-state index < -0.39 is 5.97 Å². The van der Waals surface area contributed by atoms with Crippen LogP contribution in [0.1, 0.15) is 44.0 Å². The predicted molar refractivity (Wildman–Crippen MR) is 102 cm³/mol. The number of hydrogen-bond donors (Lipinski definition) is 1. The van der Waals surface area contributed by atoms with Gasteiger partial charge in [0, 0.05) is 6.04 Å². The highest BCUT2D eigenvalue weighted by molar-refractivity contribution is 5.99. The van der Waals surface area contributed by atoms with Crippen LogP contribution in [-0.4, -0.2) is 31.6 Å². The maximum Gasteiger partial charge on any atom is 0.342 e. The first-order valence-electron chi connectivity index (χ1n) is 8.94.